The molecule has 30 heavy (non-hydrogen) atoms. The number of halogens is 1. The first-order valence-corrected chi connectivity index (χ1v) is 10.6. The lowest BCUT2D eigenvalue weighted by Crippen LogP contribution is -2.45. The minimum Gasteiger partial charge on any atom is -0.444 e. The van der Waals surface area contributed by atoms with Gasteiger partial charge in [-0.25, -0.2) is 9.79 Å². The third-order valence-corrected chi connectivity index (χ3v) is 4.82. The second-order valence-electron chi connectivity index (χ2n) is 8.58. The first kappa shape index (κ1) is 26.4. The third-order valence-electron chi connectivity index (χ3n) is 4.82. The maximum Gasteiger partial charge on any atom is 0.407 e. The number of alkyl carbamates (subject to hydrolysis) is 1. The molecule has 0 aliphatic heterocycles. The molecule has 0 radical (unpaired) electrons. The Labute approximate surface area is 197 Å². The largest absolute Gasteiger partial charge is 0.444 e. The van der Waals surface area contributed by atoms with E-state index in [-0.39, 0.29) is 30.1 Å². The first-order chi connectivity index (χ1) is 13.7. The van der Waals surface area contributed by atoms with E-state index in [0.29, 0.717) is 25.7 Å². The Balaban J connectivity index is 0.00000450. The van der Waals surface area contributed by atoms with E-state index in [0.717, 1.165) is 24.0 Å². The van der Waals surface area contributed by atoms with Crippen LogP contribution in [-0.2, 0) is 18.3 Å². The number of nitrogens with zero attached hydrogens (tertiary/aromatic N) is 4. The average Bonchev–Trinajstić information content (AvgIpc) is 2.97. The van der Waals surface area contributed by atoms with E-state index in [2.05, 4.69) is 26.1 Å². The lowest BCUT2D eigenvalue weighted by molar-refractivity contribution is 0.0527. The highest BCUT2D eigenvalue weighted by Gasteiger charge is 2.16. The van der Waals surface area contributed by atoms with Gasteiger partial charge >= 0.3 is 6.09 Å². The van der Waals surface area contributed by atoms with Gasteiger partial charge in [-0.15, -0.1) is 34.2 Å². The van der Waals surface area contributed by atoms with Crippen molar-refractivity contribution < 1.29 is 9.53 Å². The fourth-order valence-corrected chi connectivity index (χ4v) is 3.13. The highest BCUT2D eigenvalue weighted by atomic mass is 127. The van der Waals surface area contributed by atoms with Gasteiger partial charge in [-0.1, -0.05) is 19.3 Å². The lowest BCUT2D eigenvalue weighted by Gasteiger charge is -2.25. The zero-order valence-electron chi connectivity index (χ0n) is 19.0. The molecule has 1 aliphatic rings. The van der Waals surface area contributed by atoms with Crippen LogP contribution < -0.4 is 16.0 Å². The molecule has 10 heteroatoms. The van der Waals surface area contributed by atoms with E-state index in [4.69, 9.17) is 9.73 Å². The maximum absolute atomic E-state index is 11.7. The number of aryl methyl sites for hydroxylation is 1. The number of carbonyl (C=O) groups excluding carboxylic acids is 1. The summed E-state index contributed by atoms with van der Waals surface area (Å²) in [5.41, 5.74) is -0.482. The second kappa shape index (κ2) is 13.0. The Kier molecular flexibility index (Phi) is 11.4. The fraction of sp³-hybridized carbons (Fsp3) is 0.800. The van der Waals surface area contributed by atoms with Gasteiger partial charge in [0.1, 0.15) is 18.0 Å². The Morgan fingerprint density at radius 2 is 1.83 bits per heavy atom. The van der Waals surface area contributed by atoms with Crippen LogP contribution in [0.3, 0.4) is 0 Å². The molecule has 9 nitrogen and oxygen atoms in total. The summed E-state index contributed by atoms with van der Waals surface area (Å²) in [4.78, 5) is 16.4. The summed E-state index contributed by atoms with van der Waals surface area (Å²) < 4.78 is 7.20. The molecular weight excluding hydrogens is 497 g/mol. The first-order valence-electron chi connectivity index (χ1n) is 10.6. The van der Waals surface area contributed by atoms with Crippen LogP contribution in [0.25, 0.3) is 0 Å². The standard InChI is InChI=1S/C20H37N7O2.HI/c1-15-25-26-17(27(15)5)14-23-18(24-16-10-7-6-8-11-16)21-12-9-13-22-19(28)29-20(2,3)4;/h16H,6-14H2,1-5H3,(H,22,28)(H2,21,23,24);1H. The van der Waals surface area contributed by atoms with Crippen LogP contribution in [0.4, 0.5) is 4.79 Å². The SMILES string of the molecule is Cc1nnc(CN=C(NCCCNC(=O)OC(C)(C)C)NC2CCCCC2)n1C.I. The molecule has 1 amide bonds. The van der Waals surface area contributed by atoms with E-state index in [1.807, 2.05) is 39.3 Å². The number of nitrogens with one attached hydrogen (secondary N) is 3. The molecule has 0 bridgehead atoms. The topological polar surface area (TPSA) is 105 Å². The van der Waals surface area contributed by atoms with Crippen molar-refractivity contribution in [3.05, 3.63) is 11.6 Å². The highest BCUT2D eigenvalue weighted by molar-refractivity contribution is 14.0. The molecule has 3 N–H and O–H groups in total. The van der Waals surface area contributed by atoms with Gasteiger partial charge < -0.3 is 25.3 Å². The van der Waals surface area contributed by atoms with Gasteiger partial charge in [-0.3, -0.25) is 0 Å². The number of amides is 1. The predicted molar refractivity (Wildman–Crippen MR) is 129 cm³/mol. The van der Waals surface area contributed by atoms with Crippen molar-refractivity contribution in [1.29, 1.82) is 0 Å². The molecule has 0 aromatic carbocycles. The van der Waals surface area contributed by atoms with Crippen molar-refractivity contribution in [3.8, 4) is 0 Å². The van der Waals surface area contributed by atoms with E-state index in [1.54, 1.807) is 0 Å². The Bertz CT molecular complexity index is 679. The van der Waals surface area contributed by atoms with Crippen molar-refractivity contribution in [2.24, 2.45) is 12.0 Å². The number of carbonyl (C=O) groups is 1. The number of guanidine groups is 1. The van der Waals surface area contributed by atoms with Crippen LogP contribution in [0, 0.1) is 6.92 Å². The van der Waals surface area contributed by atoms with Crippen LogP contribution in [0.5, 0.6) is 0 Å². The monoisotopic (exact) mass is 535 g/mol. The number of aliphatic imine (C=N–C) groups is 1. The zero-order valence-corrected chi connectivity index (χ0v) is 21.3. The summed E-state index contributed by atoms with van der Waals surface area (Å²) in [5, 5.41) is 18.0. The summed E-state index contributed by atoms with van der Waals surface area (Å²) in [5.74, 6) is 2.49. The zero-order chi connectivity index (χ0) is 21.3. The van der Waals surface area contributed by atoms with Gasteiger partial charge in [-0.05, 0) is 47.0 Å². The van der Waals surface area contributed by atoms with Gasteiger partial charge in [0, 0.05) is 26.2 Å². The van der Waals surface area contributed by atoms with Crippen molar-refractivity contribution in [1.82, 2.24) is 30.7 Å². The molecule has 1 aromatic rings. The quantitative estimate of drug-likeness (QED) is 0.215. The van der Waals surface area contributed by atoms with E-state index in [9.17, 15) is 4.79 Å². The second-order valence-corrected chi connectivity index (χ2v) is 8.58. The summed E-state index contributed by atoms with van der Waals surface area (Å²) in [6.45, 7) is 9.20. The molecule has 1 heterocycles. The van der Waals surface area contributed by atoms with Crippen LogP contribution in [-0.4, -0.2) is 51.5 Å². The molecule has 0 unspecified atom stereocenters. The minimum absolute atomic E-state index is 0. The third kappa shape index (κ3) is 9.94. The number of rotatable bonds is 7. The Morgan fingerprint density at radius 1 is 1.17 bits per heavy atom. The molecule has 0 spiro atoms. The normalized spacial score (nSPS) is 15.3. The van der Waals surface area contributed by atoms with Crippen LogP contribution in [0.2, 0.25) is 0 Å². The molecule has 1 saturated carbocycles. The lowest BCUT2D eigenvalue weighted by atomic mass is 9.96. The molecule has 1 aliphatic carbocycles. The van der Waals surface area contributed by atoms with E-state index < -0.39 is 5.60 Å². The van der Waals surface area contributed by atoms with Gasteiger partial charge in [0.05, 0.1) is 0 Å². The average molecular weight is 535 g/mol. The highest BCUT2D eigenvalue weighted by Crippen LogP contribution is 2.17. The maximum atomic E-state index is 11.7. The fourth-order valence-electron chi connectivity index (χ4n) is 3.13. The molecule has 0 saturated heterocycles. The van der Waals surface area contributed by atoms with Crippen LogP contribution in [0.15, 0.2) is 4.99 Å². The van der Waals surface area contributed by atoms with Gasteiger partial charge in [0.2, 0.25) is 0 Å². The van der Waals surface area contributed by atoms with E-state index >= 15 is 0 Å². The Hall–Kier alpha value is -1.59. The van der Waals surface area contributed by atoms with Gasteiger partial charge in [0.25, 0.3) is 0 Å². The number of aromatic nitrogens is 3. The summed E-state index contributed by atoms with van der Waals surface area (Å²) in [7, 11) is 1.95. The smallest absolute Gasteiger partial charge is 0.407 e. The van der Waals surface area contributed by atoms with Crippen molar-refractivity contribution in [3.63, 3.8) is 0 Å². The number of hydrogen-bond acceptors (Lipinski definition) is 5. The van der Waals surface area contributed by atoms with Gasteiger partial charge in [0.15, 0.2) is 11.8 Å². The van der Waals surface area contributed by atoms with E-state index in [1.165, 1.54) is 32.1 Å². The molecule has 1 fully saturated rings. The number of ether oxygens (including phenoxy) is 1. The summed E-state index contributed by atoms with van der Waals surface area (Å²) in [6.07, 6.45) is 6.55. The molecule has 0 atom stereocenters. The van der Waals surface area contributed by atoms with Crippen molar-refractivity contribution >= 4 is 36.0 Å². The molecule has 1 aromatic heterocycles. The van der Waals surface area contributed by atoms with Crippen LogP contribution in [0.1, 0.15) is 70.9 Å². The summed E-state index contributed by atoms with van der Waals surface area (Å²) in [6, 6.07) is 0.455. The predicted octanol–water partition coefficient (Wildman–Crippen LogP) is 3.02. The minimum atomic E-state index is -0.482. The van der Waals surface area contributed by atoms with Crippen LogP contribution >= 0.6 is 24.0 Å². The summed E-state index contributed by atoms with van der Waals surface area (Å²) >= 11 is 0. The molecular formula is C20H38IN7O2. The van der Waals surface area contributed by atoms with Crippen molar-refractivity contribution in [2.45, 2.75) is 84.4 Å². The number of hydrogen-bond donors (Lipinski definition) is 3. The molecule has 2 rings (SSSR count). The molecule has 172 valence electrons. The van der Waals surface area contributed by atoms with Crippen molar-refractivity contribution in [2.75, 3.05) is 13.1 Å². The van der Waals surface area contributed by atoms with Gasteiger partial charge in [-0.2, -0.15) is 0 Å². The Morgan fingerprint density at radius 3 is 2.43 bits per heavy atom.